The van der Waals surface area contributed by atoms with Crippen molar-refractivity contribution in [2.45, 2.75) is 64.5 Å². The summed E-state index contributed by atoms with van der Waals surface area (Å²) in [6, 6.07) is 1.62. The van der Waals surface area contributed by atoms with Gasteiger partial charge in [-0.05, 0) is 45.7 Å². The van der Waals surface area contributed by atoms with Gasteiger partial charge in [0.15, 0.2) is 11.6 Å². The van der Waals surface area contributed by atoms with Crippen LogP contribution in [0.4, 0.5) is 20.7 Å². The predicted octanol–water partition coefficient (Wildman–Crippen LogP) is 2.86. The van der Waals surface area contributed by atoms with Gasteiger partial charge in [0.2, 0.25) is 5.58 Å². The molecule has 4 aliphatic rings. The number of aromatic nitrogens is 1. The summed E-state index contributed by atoms with van der Waals surface area (Å²) in [5.41, 5.74) is 1.11. The molecule has 1 N–H and O–H groups in total. The molecule has 1 aromatic heterocycles. The minimum atomic E-state index is -0.501. The van der Waals surface area contributed by atoms with E-state index in [-0.39, 0.29) is 41.4 Å². The number of aliphatic imine (C=N–C) groups is 1. The maximum Gasteiger partial charge on any atom is 0.416 e. The van der Waals surface area contributed by atoms with Crippen molar-refractivity contribution < 1.29 is 23.2 Å². The van der Waals surface area contributed by atoms with Crippen molar-refractivity contribution in [1.29, 1.82) is 0 Å². The fourth-order valence-electron chi connectivity index (χ4n) is 6.17. The Morgan fingerprint density at radius 2 is 2.06 bits per heavy atom. The monoisotopic (exact) mass is 457 g/mol. The van der Waals surface area contributed by atoms with Crippen LogP contribution in [0.2, 0.25) is 0 Å². The molecule has 2 aromatic rings. The molecule has 5 heterocycles. The van der Waals surface area contributed by atoms with Crippen LogP contribution in [0, 0.1) is 11.2 Å². The number of hydrogen-bond donors (Lipinski definition) is 1. The third-order valence-corrected chi connectivity index (χ3v) is 7.62. The van der Waals surface area contributed by atoms with Gasteiger partial charge < -0.3 is 18.9 Å². The second-order valence-corrected chi connectivity index (χ2v) is 9.84. The molecule has 176 valence electrons. The van der Waals surface area contributed by atoms with Crippen molar-refractivity contribution in [3.63, 3.8) is 0 Å². The summed E-state index contributed by atoms with van der Waals surface area (Å²) in [4.78, 5) is 20.6. The average Bonchev–Trinajstić information content (AvgIpc) is 3.27. The van der Waals surface area contributed by atoms with Crippen LogP contribution in [0.1, 0.15) is 33.3 Å². The second kappa shape index (κ2) is 7.14. The highest BCUT2D eigenvalue weighted by molar-refractivity contribution is 6.01. The zero-order valence-electron chi connectivity index (χ0n) is 19.2. The van der Waals surface area contributed by atoms with E-state index in [1.54, 1.807) is 0 Å². The first kappa shape index (κ1) is 20.9. The molecule has 0 radical (unpaired) electrons. The van der Waals surface area contributed by atoms with Gasteiger partial charge in [0.25, 0.3) is 0 Å². The zero-order valence-corrected chi connectivity index (χ0v) is 19.2. The molecule has 1 amide bonds. The van der Waals surface area contributed by atoms with E-state index in [0.717, 1.165) is 12.1 Å². The molecule has 9 nitrogen and oxygen atoms in total. The van der Waals surface area contributed by atoms with E-state index in [0.29, 0.717) is 36.5 Å². The van der Waals surface area contributed by atoms with Crippen molar-refractivity contribution in [1.82, 2.24) is 10.5 Å². The Hall–Kier alpha value is -2.72. The molecule has 1 aromatic carbocycles. The summed E-state index contributed by atoms with van der Waals surface area (Å²) in [6.07, 6.45) is 1.68. The van der Waals surface area contributed by atoms with Crippen LogP contribution in [-0.4, -0.2) is 67.6 Å². The number of ether oxygens (including phenoxy) is 2. The number of benzene rings is 1. The summed E-state index contributed by atoms with van der Waals surface area (Å²) >= 11 is 0. The lowest BCUT2D eigenvalue weighted by Crippen LogP contribution is -2.67. The van der Waals surface area contributed by atoms with Crippen molar-refractivity contribution in [2.24, 2.45) is 10.4 Å². The number of fused-ring (bicyclic) bond motifs is 5. The largest absolute Gasteiger partial charge is 0.444 e. The number of nitrogens with zero attached hydrogens (tertiary/aromatic N) is 4. The molecule has 0 aliphatic carbocycles. The van der Waals surface area contributed by atoms with Gasteiger partial charge in [0, 0.05) is 24.7 Å². The standard InChI is InChI=1S/C23H28FN5O4/c1-11-7-28-18-15(6-23(8-25-10-26-9-23)20(28)14(4)31-11)5-16-19(17(18)24)33-27-21(16)29-12(2)13(3)32-22(29)30/h5,8,11-14,20,26H,6-7,9-10H2,1-4H3/t11-,12+,13-,14+,20-,23?/m1/s1. The molecule has 1 unspecified atom stereocenters. The summed E-state index contributed by atoms with van der Waals surface area (Å²) in [5.74, 6) is -0.153. The van der Waals surface area contributed by atoms with Crippen LogP contribution in [0.15, 0.2) is 15.6 Å². The van der Waals surface area contributed by atoms with Gasteiger partial charge in [-0.15, -0.1) is 0 Å². The highest BCUT2D eigenvalue weighted by Gasteiger charge is 2.53. The highest BCUT2D eigenvalue weighted by Crippen LogP contribution is 2.48. The number of anilines is 2. The van der Waals surface area contributed by atoms with Crippen LogP contribution >= 0.6 is 0 Å². The van der Waals surface area contributed by atoms with E-state index in [4.69, 9.17) is 14.0 Å². The van der Waals surface area contributed by atoms with Crippen LogP contribution < -0.4 is 15.1 Å². The number of amides is 1. The molecule has 2 fully saturated rings. The Labute approximate surface area is 190 Å². The first-order valence-electron chi connectivity index (χ1n) is 11.5. The summed E-state index contributed by atoms with van der Waals surface area (Å²) < 4.78 is 33.1. The third kappa shape index (κ3) is 2.86. The number of hydrogen-bond acceptors (Lipinski definition) is 8. The van der Waals surface area contributed by atoms with E-state index in [1.807, 2.05) is 40.0 Å². The van der Waals surface area contributed by atoms with Crippen molar-refractivity contribution in [3.8, 4) is 0 Å². The molecule has 33 heavy (non-hydrogen) atoms. The quantitative estimate of drug-likeness (QED) is 0.704. The van der Waals surface area contributed by atoms with E-state index >= 15 is 4.39 Å². The smallest absolute Gasteiger partial charge is 0.416 e. The minimum Gasteiger partial charge on any atom is -0.444 e. The van der Waals surface area contributed by atoms with Gasteiger partial charge in [-0.3, -0.25) is 15.2 Å². The molecular weight excluding hydrogens is 429 g/mol. The fraction of sp³-hybridized carbons (Fsp3) is 0.609. The van der Waals surface area contributed by atoms with E-state index < -0.39 is 11.9 Å². The summed E-state index contributed by atoms with van der Waals surface area (Å²) in [5, 5.41) is 7.98. The molecule has 1 spiro atoms. The minimum absolute atomic E-state index is 0.0465. The SMILES string of the molecule is C[C@@H]1CN2c3c(cc4c(N5C(=O)O[C@H](C)[C@@H]5C)noc4c3F)CC3(C=NCNC3)[C@H]2[C@H](C)O1. The Morgan fingerprint density at radius 1 is 1.24 bits per heavy atom. The number of morpholine rings is 1. The number of carbonyl (C=O) groups is 1. The first-order chi connectivity index (χ1) is 15.8. The molecule has 4 aliphatic heterocycles. The molecule has 6 rings (SSSR count). The highest BCUT2D eigenvalue weighted by atomic mass is 19.1. The lowest BCUT2D eigenvalue weighted by Gasteiger charge is -2.56. The molecule has 0 bridgehead atoms. The van der Waals surface area contributed by atoms with Crippen LogP contribution in [0.25, 0.3) is 11.0 Å². The Bertz CT molecular complexity index is 1170. The van der Waals surface area contributed by atoms with Gasteiger partial charge in [0.1, 0.15) is 6.10 Å². The lowest BCUT2D eigenvalue weighted by atomic mass is 9.68. The Morgan fingerprint density at radius 3 is 2.76 bits per heavy atom. The molecular formula is C23H28FN5O4. The normalized spacial score (nSPS) is 35.8. The number of cyclic esters (lactones) is 1. The number of rotatable bonds is 1. The number of carbonyl (C=O) groups excluding carboxylic acids is 1. The Balaban J connectivity index is 1.54. The first-order valence-corrected chi connectivity index (χ1v) is 11.5. The molecule has 0 saturated carbocycles. The van der Waals surface area contributed by atoms with Gasteiger partial charge >= 0.3 is 6.09 Å². The van der Waals surface area contributed by atoms with Crippen molar-refractivity contribution in [3.05, 3.63) is 17.4 Å². The average molecular weight is 458 g/mol. The van der Waals surface area contributed by atoms with Crippen molar-refractivity contribution >= 4 is 34.8 Å². The lowest BCUT2D eigenvalue weighted by molar-refractivity contribution is -0.0522. The van der Waals surface area contributed by atoms with E-state index in [1.165, 1.54) is 4.90 Å². The van der Waals surface area contributed by atoms with Gasteiger partial charge in [-0.1, -0.05) is 5.16 Å². The molecule has 6 atom stereocenters. The predicted molar refractivity (Wildman–Crippen MR) is 120 cm³/mol. The number of halogens is 1. The molecule has 10 heteroatoms. The fourth-order valence-corrected chi connectivity index (χ4v) is 6.17. The topological polar surface area (TPSA) is 92.4 Å². The third-order valence-electron chi connectivity index (χ3n) is 7.62. The summed E-state index contributed by atoms with van der Waals surface area (Å²) in [7, 11) is 0. The summed E-state index contributed by atoms with van der Waals surface area (Å²) in [6.45, 7) is 9.62. The van der Waals surface area contributed by atoms with Crippen LogP contribution in [0.3, 0.4) is 0 Å². The van der Waals surface area contributed by atoms with Crippen LogP contribution in [-0.2, 0) is 15.9 Å². The number of nitrogens with one attached hydrogen (secondary N) is 1. The Kier molecular flexibility index (Phi) is 4.51. The van der Waals surface area contributed by atoms with Gasteiger partial charge in [-0.25, -0.2) is 9.18 Å². The molecule has 2 saturated heterocycles. The van der Waals surface area contributed by atoms with Crippen LogP contribution in [0.5, 0.6) is 0 Å². The second-order valence-electron chi connectivity index (χ2n) is 9.84. The van der Waals surface area contributed by atoms with Gasteiger partial charge in [-0.2, -0.15) is 0 Å². The van der Waals surface area contributed by atoms with Gasteiger partial charge in [0.05, 0.1) is 42.0 Å². The van der Waals surface area contributed by atoms with E-state index in [2.05, 4.69) is 20.4 Å². The maximum absolute atomic E-state index is 16.1. The van der Waals surface area contributed by atoms with Crippen molar-refractivity contribution in [2.75, 3.05) is 29.6 Å². The maximum atomic E-state index is 16.1. The zero-order chi connectivity index (χ0) is 23.1. The van der Waals surface area contributed by atoms with E-state index in [9.17, 15) is 4.79 Å².